The van der Waals surface area contributed by atoms with Crippen molar-refractivity contribution in [2.75, 3.05) is 23.0 Å². The number of nitrogens with zero attached hydrogens (tertiary/aromatic N) is 6. The second-order valence-corrected chi connectivity index (χ2v) is 17.5. The second-order valence-electron chi connectivity index (χ2n) is 13.0. The fourth-order valence-electron chi connectivity index (χ4n) is 5.47. The Bertz CT molecular complexity index is 2290. The first-order valence-electron chi connectivity index (χ1n) is 16.8. The van der Waals surface area contributed by atoms with Crippen LogP contribution in [0, 0.1) is 20.8 Å². The number of aliphatic carboxylic acids is 1. The van der Waals surface area contributed by atoms with Crippen LogP contribution in [0.4, 0.5) is 13.2 Å². The average molecular weight is 823 g/mol. The van der Waals surface area contributed by atoms with Crippen LogP contribution in [0.15, 0.2) is 61.2 Å². The first-order chi connectivity index (χ1) is 26.2. The van der Waals surface area contributed by atoms with Crippen LogP contribution in [0.25, 0.3) is 35.2 Å². The van der Waals surface area contributed by atoms with Gasteiger partial charge < -0.3 is 5.11 Å². The number of halogens is 3. The molecule has 0 spiro atoms. The van der Waals surface area contributed by atoms with E-state index in [1.807, 2.05) is 26.0 Å². The van der Waals surface area contributed by atoms with Gasteiger partial charge in [-0.05, 0) is 69.5 Å². The van der Waals surface area contributed by atoms with Crippen LogP contribution in [0.1, 0.15) is 35.1 Å². The Kier molecular flexibility index (Phi) is 14.4. The van der Waals surface area contributed by atoms with Crippen molar-refractivity contribution in [2.24, 2.45) is 5.84 Å². The molecule has 56 heavy (non-hydrogen) atoms. The van der Waals surface area contributed by atoms with Gasteiger partial charge in [0.05, 0.1) is 28.6 Å². The summed E-state index contributed by atoms with van der Waals surface area (Å²) in [4.78, 5) is 30.3. The number of aryl methyl sites for hydroxylation is 3. The lowest BCUT2D eigenvalue weighted by Crippen LogP contribution is -2.44. The standard InChI is InChI=1S/C17H21N5O3S.C13H10F3N3O2.C4H10N2O2S/c1-12-7-13(2)9-14(8-12)17-18-11-22(21-17)5-3-16(23)20-19-15-4-6-26(24,25)10-15;1-8-4-9(6-10(5-8)13(14,15)16)12-17-7-19(18-12)3-2-11(20)21;5-6-4-1-2-9(7,8)3-4/h3,5,7-9,11,15,19H,4,6,10H2,1-2H3,(H,20,23);2-7H,1H3,(H,20,21);4,6H,1-3,5H2/b5-3-;3-2-;. The lowest BCUT2D eigenvalue weighted by Gasteiger charge is -2.10. The van der Waals surface area contributed by atoms with Gasteiger partial charge in [-0.3, -0.25) is 21.5 Å². The van der Waals surface area contributed by atoms with Crippen molar-refractivity contribution in [3.8, 4) is 22.8 Å². The third-order valence-electron chi connectivity index (χ3n) is 8.01. The highest BCUT2D eigenvalue weighted by Crippen LogP contribution is 2.32. The quantitative estimate of drug-likeness (QED) is 0.0925. The summed E-state index contributed by atoms with van der Waals surface area (Å²) in [7, 11) is -5.73. The Morgan fingerprint density at radius 2 is 1.27 bits per heavy atom. The third kappa shape index (κ3) is 13.8. The Hall–Kier alpha value is -5.29. The lowest BCUT2D eigenvalue weighted by molar-refractivity contribution is -0.137. The monoisotopic (exact) mass is 822 g/mol. The van der Waals surface area contributed by atoms with E-state index in [0.29, 0.717) is 24.2 Å². The molecule has 0 bridgehead atoms. The summed E-state index contributed by atoms with van der Waals surface area (Å²) >= 11 is 0. The summed E-state index contributed by atoms with van der Waals surface area (Å²) < 4.78 is 85.0. The number of sulfone groups is 2. The van der Waals surface area contributed by atoms with Gasteiger partial charge in [-0.25, -0.2) is 46.4 Å². The molecule has 1 amide bonds. The molecule has 2 fully saturated rings. The van der Waals surface area contributed by atoms with Crippen LogP contribution < -0.4 is 22.1 Å². The summed E-state index contributed by atoms with van der Waals surface area (Å²) in [6, 6.07) is 9.32. The van der Waals surface area contributed by atoms with Crippen molar-refractivity contribution in [3.05, 3.63) is 83.5 Å². The molecule has 22 heteroatoms. The van der Waals surface area contributed by atoms with E-state index in [-0.39, 0.29) is 46.5 Å². The van der Waals surface area contributed by atoms with Crippen molar-refractivity contribution in [2.45, 2.75) is 51.9 Å². The molecule has 2 aromatic heterocycles. The van der Waals surface area contributed by atoms with E-state index in [4.69, 9.17) is 10.9 Å². The van der Waals surface area contributed by atoms with Crippen LogP contribution in [0.3, 0.4) is 0 Å². The summed E-state index contributed by atoms with van der Waals surface area (Å²) in [5.41, 5.74) is 10.7. The number of carbonyl (C=O) groups excluding carboxylic acids is 1. The highest BCUT2D eigenvalue weighted by molar-refractivity contribution is 7.91. The molecule has 6 rings (SSSR count). The van der Waals surface area contributed by atoms with E-state index < -0.39 is 43.3 Å². The van der Waals surface area contributed by atoms with Crippen LogP contribution in [0.2, 0.25) is 0 Å². The second kappa shape index (κ2) is 18.6. The number of amides is 1. The number of nitrogens with two attached hydrogens (primary N) is 1. The van der Waals surface area contributed by atoms with Crippen molar-refractivity contribution >= 4 is 44.0 Å². The number of hydrogen-bond donors (Lipinski definition) is 5. The van der Waals surface area contributed by atoms with Gasteiger partial charge in [-0.2, -0.15) is 13.2 Å². The number of carbonyl (C=O) groups is 2. The van der Waals surface area contributed by atoms with E-state index in [2.05, 4.69) is 42.5 Å². The number of hydrazine groups is 2. The summed E-state index contributed by atoms with van der Waals surface area (Å²) in [5.74, 6) is 4.81. The molecule has 302 valence electrons. The molecular weight excluding hydrogens is 782 g/mol. The molecule has 4 aromatic rings. The van der Waals surface area contributed by atoms with Crippen molar-refractivity contribution < 1.29 is 44.7 Å². The third-order valence-corrected chi connectivity index (χ3v) is 11.5. The Morgan fingerprint density at radius 3 is 1.71 bits per heavy atom. The molecule has 0 radical (unpaired) electrons. The van der Waals surface area contributed by atoms with Gasteiger partial charge in [0.15, 0.2) is 31.3 Å². The first-order valence-corrected chi connectivity index (χ1v) is 20.5. The topological polar surface area (TPSA) is 246 Å². The fraction of sp³-hybridized carbons (Fsp3) is 0.353. The predicted molar refractivity (Wildman–Crippen MR) is 201 cm³/mol. The Morgan fingerprint density at radius 1 is 0.786 bits per heavy atom. The number of carboxylic acid groups (broad SMARTS) is 1. The van der Waals surface area contributed by atoms with E-state index in [0.717, 1.165) is 45.8 Å². The highest BCUT2D eigenvalue weighted by atomic mass is 32.2. The lowest BCUT2D eigenvalue weighted by atomic mass is 10.1. The van der Waals surface area contributed by atoms with Gasteiger partial charge in [0.25, 0.3) is 5.91 Å². The maximum absolute atomic E-state index is 12.8. The predicted octanol–water partition coefficient (Wildman–Crippen LogP) is 2.30. The minimum absolute atomic E-state index is 0.0185. The minimum atomic E-state index is -4.45. The molecular formula is C34H41F3N10O7S2. The van der Waals surface area contributed by atoms with E-state index in [1.165, 1.54) is 35.7 Å². The molecule has 2 aliphatic heterocycles. The molecule has 0 saturated carbocycles. The van der Waals surface area contributed by atoms with Gasteiger partial charge in [-0.1, -0.05) is 17.2 Å². The molecule has 2 saturated heterocycles. The molecule has 0 aliphatic carbocycles. The Balaban J connectivity index is 0.000000207. The normalized spacial score (nSPS) is 18.6. The van der Waals surface area contributed by atoms with Crippen molar-refractivity contribution in [1.29, 1.82) is 0 Å². The number of alkyl halides is 3. The Labute approximate surface area is 320 Å². The highest BCUT2D eigenvalue weighted by Gasteiger charge is 2.31. The summed E-state index contributed by atoms with van der Waals surface area (Å²) in [5, 5.41) is 16.7. The van der Waals surface area contributed by atoms with Crippen LogP contribution in [-0.2, 0) is 35.4 Å². The van der Waals surface area contributed by atoms with Gasteiger partial charge in [-0.15, -0.1) is 10.2 Å². The number of aromatic nitrogens is 6. The number of nitrogens with one attached hydrogen (secondary N) is 3. The van der Waals surface area contributed by atoms with E-state index in [1.54, 1.807) is 6.92 Å². The first kappa shape index (κ1) is 43.4. The molecule has 2 unspecified atom stereocenters. The van der Waals surface area contributed by atoms with Crippen LogP contribution in [-0.4, -0.2) is 98.4 Å². The summed E-state index contributed by atoms with van der Waals surface area (Å²) in [6.07, 6.45) is 4.20. The van der Waals surface area contributed by atoms with Crippen molar-refractivity contribution in [3.63, 3.8) is 0 Å². The van der Waals surface area contributed by atoms with Gasteiger partial charge in [0.1, 0.15) is 12.7 Å². The molecule has 2 atom stereocenters. The average Bonchev–Trinajstić information content (AvgIpc) is 3.92. The maximum atomic E-state index is 12.8. The zero-order valence-corrected chi connectivity index (χ0v) is 32.1. The van der Waals surface area contributed by atoms with Gasteiger partial charge in [0.2, 0.25) is 0 Å². The molecule has 4 heterocycles. The SMILES string of the molecule is Cc1cc(-c2ncn(/C=C\C(=O)O)n2)cc(C(F)(F)F)c1.Cc1cc(C)cc(-c2ncn(/C=C\C(=O)NNC3CCS(=O)(=O)C3)n2)c1.NNC1CCS(=O)(=O)C1. The number of hydrogen-bond acceptors (Lipinski definition) is 13. The van der Waals surface area contributed by atoms with Gasteiger partial charge in [0, 0.05) is 47.8 Å². The number of carboxylic acids is 1. The summed E-state index contributed by atoms with van der Waals surface area (Å²) in [6.45, 7) is 5.57. The smallest absolute Gasteiger partial charge is 0.416 e. The number of benzene rings is 2. The fourth-order valence-corrected chi connectivity index (χ4v) is 8.83. The molecule has 6 N–H and O–H groups in total. The largest absolute Gasteiger partial charge is 0.478 e. The maximum Gasteiger partial charge on any atom is 0.416 e. The number of rotatable bonds is 9. The van der Waals surface area contributed by atoms with Crippen molar-refractivity contribution in [1.82, 2.24) is 45.8 Å². The van der Waals surface area contributed by atoms with Crippen LogP contribution in [0.5, 0.6) is 0 Å². The van der Waals surface area contributed by atoms with Gasteiger partial charge >= 0.3 is 12.1 Å². The van der Waals surface area contributed by atoms with E-state index in [9.17, 15) is 39.6 Å². The zero-order valence-electron chi connectivity index (χ0n) is 30.4. The molecule has 17 nitrogen and oxygen atoms in total. The molecule has 2 aromatic carbocycles. The van der Waals surface area contributed by atoms with E-state index >= 15 is 0 Å². The molecule has 2 aliphatic rings. The van der Waals surface area contributed by atoms with Crippen LogP contribution >= 0.6 is 0 Å². The minimum Gasteiger partial charge on any atom is -0.478 e. The zero-order chi connectivity index (χ0) is 41.3.